The summed E-state index contributed by atoms with van der Waals surface area (Å²) in [5.41, 5.74) is 0. The van der Waals surface area contributed by atoms with Crippen LogP contribution in [-0.2, 0) is 6.42 Å². The molecule has 1 aromatic rings. The molecule has 2 N–H and O–H groups in total. The minimum atomic E-state index is 0.504. The minimum absolute atomic E-state index is 0.504. The largest absolute Gasteiger partial charge is 0.357 e. The van der Waals surface area contributed by atoms with E-state index in [1.54, 1.807) is 11.3 Å². The molecule has 24 heavy (non-hydrogen) atoms. The van der Waals surface area contributed by atoms with Crippen LogP contribution >= 0.6 is 11.3 Å². The number of aliphatic imine (C=N–C) groups is 1. The highest BCUT2D eigenvalue weighted by Crippen LogP contribution is 2.17. The number of nitrogens with one attached hydrogen (secondary N) is 2. The lowest BCUT2D eigenvalue weighted by molar-refractivity contribution is 0.142. The van der Waals surface area contributed by atoms with E-state index in [1.807, 2.05) is 6.20 Å². The van der Waals surface area contributed by atoms with Crippen molar-refractivity contribution in [1.29, 1.82) is 0 Å². The second-order valence-electron chi connectivity index (χ2n) is 6.85. The molecule has 1 aromatic heterocycles. The molecule has 0 spiro atoms. The van der Waals surface area contributed by atoms with Gasteiger partial charge >= 0.3 is 0 Å². The average molecular weight is 352 g/mol. The molecule has 2 rings (SSSR count). The fraction of sp³-hybridized carbons (Fsp3) is 0.778. The van der Waals surface area contributed by atoms with Crippen molar-refractivity contribution < 1.29 is 0 Å². The third-order valence-electron chi connectivity index (χ3n) is 4.47. The Labute approximate surface area is 151 Å². The molecule has 0 radical (unpaired) electrons. The summed E-state index contributed by atoms with van der Waals surface area (Å²) in [5, 5.41) is 7.96. The third-order valence-corrected chi connectivity index (χ3v) is 5.44. The molecule has 2 atom stereocenters. The molecule has 1 fully saturated rings. The molecule has 0 aliphatic carbocycles. The first-order valence-corrected chi connectivity index (χ1v) is 10.1. The summed E-state index contributed by atoms with van der Waals surface area (Å²) in [4.78, 5) is 13.1. The molecule has 2 unspecified atom stereocenters. The van der Waals surface area contributed by atoms with Crippen LogP contribution in [-0.4, -0.2) is 54.6 Å². The van der Waals surface area contributed by atoms with Crippen molar-refractivity contribution in [3.8, 4) is 0 Å². The predicted octanol–water partition coefficient (Wildman–Crippen LogP) is 2.67. The van der Waals surface area contributed by atoms with E-state index in [-0.39, 0.29) is 0 Å². The van der Waals surface area contributed by atoms with E-state index in [4.69, 9.17) is 4.99 Å². The molecule has 0 saturated carbocycles. The lowest BCUT2D eigenvalue weighted by atomic mass is 9.99. The van der Waals surface area contributed by atoms with Gasteiger partial charge in [0.25, 0.3) is 0 Å². The molecule has 136 valence electrons. The van der Waals surface area contributed by atoms with E-state index in [0.29, 0.717) is 6.04 Å². The second kappa shape index (κ2) is 9.99. The summed E-state index contributed by atoms with van der Waals surface area (Å²) in [6.45, 7) is 13.9. The monoisotopic (exact) mass is 351 g/mol. The fourth-order valence-electron chi connectivity index (χ4n) is 3.11. The molecule has 2 heterocycles. The van der Waals surface area contributed by atoms with E-state index < -0.39 is 0 Å². The Bertz CT molecular complexity index is 513. The molecule has 0 bridgehead atoms. The van der Waals surface area contributed by atoms with Gasteiger partial charge in [-0.2, -0.15) is 0 Å². The molecule has 1 aliphatic heterocycles. The van der Waals surface area contributed by atoms with E-state index in [1.165, 1.54) is 35.8 Å². The van der Waals surface area contributed by atoms with Gasteiger partial charge in [-0.25, -0.2) is 4.98 Å². The van der Waals surface area contributed by atoms with Gasteiger partial charge in [0.15, 0.2) is 5.96 Å². The first-order chi connectivity index (χ1) is 11.6. The van der Waals surface area contributed by atoms with Gasteiger partial charge in [0.2, 0.25) is 0 Å². The van der Waals surface area contributed by atoms with Crippen LogP contribution in [0.25, 0.3) is 0 Å². The Kier molecular flexibility index (Phi) is 7.99. The normalized spacial score (nSPS) is 20.8. The van der Waals surface area contributed by atoms with Crippen molar-refractivity contribution in [2.45, 2.75) is 53.0 Å². The summed E-state index contributed by atoms with van der Waals surface area (Å²) >= 11 is 1.77. The Morgan fingerprint density at radius 2 is 2.33 bits per heavy atom. The van der Waals surface area contributed by atoms with Gasteiger partial charge in [-0.1, -0.05) is 6.92 Å². The number of guanidine groups is 1. The number of thiazole rings is 1. The van der Waals surface area contributed by atoms with Crippen molar-refractivity contribution in [3.05, 3.63) is 16.1 Å². The number of piperidine rings is 1. The third kappa shape index (κ3) is 6.40. The van der Waals surface area contributed by atoms with Crippen molar-refractivity contribution in [2.75, 3.05) is 32.7 Å². The first kappa shape index (κ1) is 19.2. The number of aryl methyl sites for hydroxylation is 1. The number of aromatic nitrogens is 1. The van der Waals surface area contributed by atoms with Gasteiger partial charge < -0.3 is 10.6 Å². The molecule has 5 nitrogen and oxygen atoms in total. The number of likely N-dealkylation sites (tertiary alicyclic amines) is 1. The lowest BCUT2D eigenvalue weighted by Crippen LogP contribution is -2.43. The predicted molar refractivity (Wildman–Crippen MR) is 104 cm³/mol. The van der Waals surface area contributed by atoms with Crippen molar-refractivity contribution in [3.63, 3.8) is 0 Å². The van der Waals surface area contributed by atoms with Crippen LogP contribution in [0.1, 0.15) is 43.5 Å². The fourth-order valence-corrected chi connectivity index (χ4v) is 3.90. The van der Waals surface area contributed by atoms with Crippen LogP contribution < -0.4 is 10.6 Å². The molecule has 1 saturated heterocycles. The smallest absolute Gasteiger partial charge is 0.191 e. The topological polar surface area (TPSA) is 52.6 Å². The number of nitrogens with zero attached hydrogens (tertiary/aromatic N) is 3. The molecule has 1 aliphatic rings. The van der Waals surface area contributed by atoms with Gasteiger partial charge in [-0.3, -0.25) is 9.89 Å². The quantitative estimate of drug-likeness (QED) is 0.586. The van der Waals surface area contributed by atoms with Crippen molar-refractivity contribution >= 4 is 17.3 Å². The first-order valence-electron chi connectivity index (χ1n) is 9.26. The maximum atomic E-state index is 4.79. The van der Waals surface area contributed by atoms with Crippen LogP contribution in [0.5, 0.6) is 0 Å². The average Bonchev–Trinajstić information content (AvgIpc) is 2.97. The standard InChI is InChI=1S/C18H33N5S/c1-5-19-18(20-9-8-17-21-12-16(4)24-17)22-11-15(3)23-10-6-7-14(2)13-23/h12,14-15H,5-11,13H2,1-4H3,(H2,19,20,22). The SMILES string of the molecule is CCNC(=NCC(C)N1CCCC(C)C1)NCCc1ncc(C)s1. The Hall–Kier alpha value is -1.14. The number of hydrogen-bond acceptors (Lipinski definition) is 4. The summed E-state index contributed by atoms with van der Waals surface area (Å²) < 4.78 is 0. The molecule has 0 amide bonds. The van der Waals surface area contributed by atoms with Crippen LogP contribution in [0.2, 0.25) is 0 Å². The molecular formula is C18H33N5S. The zero-order valence-corrected chi connectivity index (χ0v) is 16.5. The van der Waals surface area contributed by atoms with Gasteiger partial charge in [-0.05, 0) is 46.1 Å². The number of hydrogen-bond donors (Lipinski definition) is 2. The summed E-state index contributed by atoms with van der Waals surface area (Å²) in [5.74, 6) is 1.74. The molecular weight excluding hydrogens is 318 g/mol. The zero-order valence-electron chi connectivity index (χ0n) is 15.6. The van der Waals surface area contributed by atoms with Crippen LogP contribution in [0.15, 0.2) is 11.2 Å². The molecule has 6 heteroatoms. The molecule has 0 aromatic carbocycles. The van der Waals surface area contributed by atoms with Crippen LogP contribution in [0.3, 0.4) is 0 Å². The van der Waals surface area contributed by atoms with Crippen molar-refractivity contribution in [1.82, 2.24) is 20.5 Å². The Morgan fingerprint density at radius 1 is 1.50 bits per heavy atom. The highest BCUT2D eigenvalue weighted by molar-refractivity contribution is 7.11. The van der Waals surface area contributed by atoms with Gasteiger partial charge in [0, 0.05) is 43.2 Å². The number of rotatable bonds is 7. The van der Waals surface area contributed by atoms with Crippen LogP contribution in [0.4, 0.5) is 0 Å². The Morgan fingerprint density at radius 3 is 3.00 bits per heavy atom. The maximum absolute atomic E-state index is 4.79. The second-order valence-corrected chi connectivity index (χ2v) is 8.17. The van der Waals surface area contributed by atoms with Gasteiger partial charge in [0.1, 0.15) is 0 Å². The summed E-state index contributed by atoms with van der Waals surface area (Å²) in [6.07, 6.45) is 5.58. The summed E-state index contributed by atoms with van der Waals surface area (Å²) in [7, 11) is 0. The lowest BCUT2D eigenvalue weighted by Gasteiger charge is -2.35. The Balaban J connectivity index is 1.78. The van der Waals surface area contributed by atoms with Crippen LogP contribution in [0, 0.1) is 12.8 Å². The maximum Gasteiger partial charge on any atom is 0.191 e. The minimum Gasteiger partial charge on any atom is -0.357 e. The zero-order chi connectivity index (χ0) is 17.4. The van der Waals surface area contributed by atoms with E-state index in [0.717, 1.165) is 37.9 Å². The van der Waals surface area contributed by atoms with Crippen molar-refractivity contribution in [2.24, 2.45) is 10.9 Å². The highest BCUT2D eigenvalue weighted by atomic mass is 32.1. The summed E-state index contributed by atoms with van der Waals surface area (Å²) in [6, 6.07) is 0.504. The van der Waals surface area contributed by atoms with E-state index >= 15 is 0 Å². The van der Waals surface area contributed by atoms with E-state index in [2.05, 4.69) is 48.2 Å². The van der Waals surface area contributed by atoms with Gasteiger partial charge in [0.05, 0.1) is 11.6 Å². The van der Waals surface area contributed by atoms with Gasteiger partial charge in [-0.15, -0.1) is 11.3 Å². The van der Waals surface area contributed by atoms with E-state index in [9.17, 15) is 0 Å². The highest BCUT2D eigenvalue weighted by Gasteiger charge is 2.20.